The van der Waals surface area contributed by atoms with Crippen molar-refractivity contribution < 1.29 is 9.59 Å². The molecule has 5 heteroatoms. The van der Waals surface area contributed by atoms with Crippen LogP contribution in [0.5, 0.6) is 0 Å². The fraction of sp³-hybridized carbons (Fsp3) is 0.857. The molecule has 0 aromatic rings. The largest absolute Gasteiger partial charge is 0.354 e. The maximum atomic E-state index is 11.8. The summed E-state index contributed by atoms with van der Waals surface area (Å²) < 4.78 is 0. The van der Waals surface area contributed by atoms with Gasteiger partial charge >= 0.3 is 0 Å². The highest BCUT2D eigenvalue weighted by Gasteiger charge is 2.22. The summed E-state index contributed by atoms with van der Waals surface area (Å²) in [5, 5.41) is 5.70. The van der Waals surface area contributed by atoms with Crippen LogP contribution in [0.3, 0.4) is 0 Å². The van der Waals surface area contributed by atoms with Crippen molar-refractivity contribution in [2.45, 2.75) is 51.0 Å². The number of hydrogen-bond donors (Lipinski definition) is 2. The number of carbonyl (C=O) groups is 2. The zero-order chi connectivity index (χ0) is 13.5. The Bertz CT molecular complexity index is 317. The van der Waals surface area contributed by atoms with E-state index < -0.39 is 0 Å². The third-order valence-electron chi connectivity index (χ3n) is 3.93. The molecule has 0 spiro atoms. The van der Waals surface area contributed by atoms with Crippen LogP contribution in [0.2, 0.25) is 0 Å². The second kappa shape index (κ2) is 7.78. The molecule has 1 atom stereocenters. The fourth-order valence-corrected chi connectivity index (χ4v) is 3.86. The highest BCUT2D eigenvalue weighted by molar-refractivity contribution is 7.99. The normalized spacial score (nSPS) is 24.8. The molecule has 2 rings (SSSR count). The summed E-state index contributed by atoms with van der Waals surface area (Å²) in [7, 11) is 0. The summed E-state index contributed by atoms with van der Waals surface area (Å²) in [6.45, 7) is 0.738. The molecular formula is C14H24N2O2S. The number of rotatable bonds is 5. The lowest BCUT2D eigenvalue weighted by molar-refractivity contribution is -0.127. The van der Waals surface area contributed by atoms with E-state index in [-0.39, 0.29) is 17.9 Å². The second-order valence-electron chi connectivity index (χ2n) is 5.57. The minimum atomic E-state index is -0.318. The van der Waals surface area contributed by atoms with Crippen LogP contribution in [0.1, 0.15) is 44.9 Å². The highest BCUT2D eigenvalue weighted by atomic mass is 32.2. The summed E-state index contributed by atoms with van der Waals surface area (Å²) in [5.74, 6) is 2.36. The summed E-state index contributed by atoms with van der Waals surface area (Å²) in [6.07, 6.45) is 8.11. The summed E-state index contributed by atoms with van der Waals surface area (Å²) in [5.41, 5.74) is 0. The molecule has 1 aliphatic heterocycles. The van der Waals surface area contributed by atoms with Crippen molar-refractivity contribution in [2.75, 3.05) is 18.1 Å². The molecule has 2 amide bonds. The number of amides is 2. The average molecular weight is 284 g/mol. The van der Waals surface area contributed by atoms with Crippen molar-refractivity contribution >= 4 is 23.6 Å². The van der Waals surface area contributed by atoms with Gasteiger partial charge in [0.1, 0.15) is 6.04 Å². The van der Waals surface area contributed by atoms with Crippen LogP contribution in [0.4, 0.5) is 0 Å². The Morgan fingerprint density at radius 2 is 1.95 bits per heavy atom. The molecule has 19 heavy (non-hydrogen) atoms. The van der Waals surface area contributed by atoms with E-state index in [1.807, 2.05) is 0 Å². The zero-order valence-corrected chi connectivity index (χ0v) is 12.3. The molecule has 4 nitrogen and oxygen atoms in total. The van der Waals surface area contributed by atoms with Crippen LogP contribution >= 0.6 is 11.8 Å². The van der Waals surface area contributed by atoms with Crippen LogP contribution in [0.15, 0.2) is 0 Å². The van der Waals surface area contributed by atoms with Crippen molar-refractivity contribution in [3.8, 4) is 0 Å². The first-order valence-corrected chi connectivity index (χ1v) is 8.56. The Labute approximate surface area is 119 Å². The van der Waals surface area contributed by atoms with Gasteiger partial charge in [-0.05, 0) is 43.8 Å². The standard InChI is InChI=1S/C14H24N2O2S/c17-13(10-19-9-11-5-1-2-6-11)16-12-7-3-4-8-15-14(12)18/h11-12H,1-10H2,(H,15,18)(H,16,17)/t12-/m1/s1. The third-order valence-corrected chi connectivity index (χ3v) is 5.11. The molecule has 2 aliphatic rings. The van der Waals surface area contributed by atoms with E-state index >= 15 is 0 Å². The van der Waals surface area contributed by atoms with Crippen molar-refractivity contribution in [1.82, 2.24) is 10.6 Å². The predicted molar refractivity (Wildman–Crippen MR) is 78.1 cm³/mol. The monoisotopic (exact) mass is 284 g/mol. The minimum absolute atomic E-state index is 0.00467. The van der Waals surface area contributed by atoms with Gasteiger partial charge in [0.2, 0.25) is 11.8 Å². The van der Waals surface area contributed by atoms with Gasteiger partial charge < -0.3 is 10.6 Å². The predicted octanol–water partition coefficient (Wildman–Crippen LogP) is 1.69. The molecule has 1 heterocycles. The summed E-state index contributed by atoms with van der Waals surface area (Å²) in [6, 6.07) is -0.318. The van der Waals surface area contributed by atoms with E-state index in [0.717, 1.165) is 37.5 Å². The maximum absolute atomic E-state index is 11.8. The molecule has 108 valence electrons. The van der Waals surface area contributed by atoms with Crippen molar-refractivity contribution in [3.63, 3.8) is 0 Å². The molecule has 2 N–H and O–H groups in total. The maximum Gasteiger partial charge on any atom is 0.242 e. The lowest BCUT2D eigenvalue weighted by Crippen LogP contribution is -2.46. The molecule has 0 radical (unpaired) electrons. The van der Waals surface area contributed by atoms with Crippen molar-refractivity contribution in [3.05, 3.63) is 0 Å². The first kappa shape index (κ1) is 14.7. The van der Waals surface area contributed by atoms with E-state index in [1.165, 1.54) is 25.7 Å². The van der Waals surface area contributed by atoms with Gasteiger partial charge in [0, 0.05) is 6.54 Å². The number of thioether (sulfide) groups is 1. The smallest absolute Gasteiger partial charge is 0.242 e. The fourth-order valence-electron chi connectivity index (χ4n) is 2.81. The van der Waals surface area contributed by atoms with Crippen LogP contribution in [0.25, 0.3) is 0 Å². The second-order valence-corrected chi connectivity index (χ2v) is 6.60. The Morgan fingerprint density at radius 3 is 2.74 bits per heavy atom. The van der Waals surface area contributed by atoms with Crippen LogP contribution in [-0.2, 0) is 9.59 Å². The minimum Gasteiger partial charge on any atom is -0.354 e. The molecule has 0 bridgehead atoms. The van der Waals surface area contributed by atoms with E-state index in [1.54, 1.807) is 11.8 Å². The van der Waals surface area contributed by atoms with Gasteiger partial charge in [-0.1, -0.05) is 12.8 Å². The molecule has 0 unspecified atom stereocenters. The first-order valence-electron chi connectivity index (χ1n) is 7.40. The van der Waals surface area contributed by atoms with Gasteiger partial charge in [-0.3, -0.25) is 9.59 Å². The Hall–Kier alpha value is -0.710. The van der Waals surface area contributed by atoms with Gasteiger partial charge in [-0.15, -0.1) is 0 Å². The SMILES string of the molecule is O=C(CSCC1CCCC1)N[C@@H]1CCCCNC1=O. The van der Waals surface area contributed by atoms with E-state index in [9.17, 15) is 9.59 Å². The van der Waals surface area contributed by atoms with Crippen LogP contribution in [-0.4, -0.2) is 35.9 Å². The summed E-state index contributed by atoms with van der Waals surface area (Å²) in [4.78, 5) is 23.5. The zero-order valence-electron chi connectivity index (χ0n) is 11.5. The van der Waals surface area contributed by atoms with E-state index in [2.05, 4.69) is 10.6 Å². The molecule has 2 fully saturated rings. The van der Waals surface area contributed by atoms with Gasteiger partial charge in [-0.2, -0.15) is 11.8 Å². The number of carbonyl (C=O) groups excluding carboxylic acids is 2. The van der Waals surface area contributed by atoms with Crippen molar-refractivity contribution in [2.24, 2.45) is 5.92 Å². The van der Waals surface area contributed by atoms with Gasteiger partial charge in [0.15, 0.2) is 0 Å². The van der Waals surface area contributed by atoms with Crippen LogP contribution in [0, 0.1) is 5.92 Å². The lowest BCUT2D eigenvalue weighted by Gasteiger charge is -2.15. The Kier molecular flexibility index (Phi) is 6.01. The molecular weight excluding hydrogens is 260 g/mol. The molecule has 0 aromatic heterocycles. The number of nitrogens with one attached hydrogen (secondary N) is 2. The Balaban J connectivity index is 1.63. The molecule has 1 aliphatic carbocycles. The topological polar surface area (TPSA) is 58.2 Å². The summed E-state index contributed by atoms with van der Waals surface area (Å²) >= 11 is 1.71. The molecule has 1 saturated heterocycles. The van der Waals surface area contributed by atoms with Gasteiger partial charge in [0.25, 0.3) is 0 Å². The first-order chi connectivity index (χ1) is 9.25. The number of hydrogen-bond acceptors (Lipinski definition) is 3. The van der Waals surface area contributed by atoms with Gasteiger partial charge in [0.05, 0.1) is 5.75 Å². The van der Waals surface area contributed by atoms with Crippen molar-refractivity contribution in [1.29, 1.82) is 0 Å². The molecule has 0 aromatic carbocycles. The van der Waals surface area contributed by atoms with Crippen LogP contribution < -0.4 is 10.6 Å². The van der Waals surface area contributed by atoms with Gasteiger partial charge in [-0.25, -0.2) is 0 Å². The average Bonchev–Trinajstić information content (AvgIpc) is 2.82. The Morgan fingerprint density at radius 1 is 1.21 bits per heavy atom. The quantitative estimate of drug-likeness (QED) is 0.808. The molecule has 1 saturated carbocycles. The third kappa shape index (κ3) is 5.05. The highest BCUT2D eigenvalue weighted by Crippen LogP contribution is 2.27. The van der Waals surface area contributed by atoms with E-state index in [4.69, 9.17) is 0 Å². The lowest BCUT2D eigenvalue weighted by atomic mass is 10.1. The van der Waals surface area contributed by atoms with E-state index in [0.29, 0.717) is 5.75 Å².